The molecule has 0 radical (unpaired) electrons. The van der Waals surface area contributed by atoms with Crippen LogP contribution in [0.1, 0.15) is 19.5 Å². The predicted octanol–water partition coefficient (Wildman–Crippen LogP) is 1.86. The van der Waals surface area contributed by atoms with Gasteiger partial charge in [0.15, 0.2) is 0 Å². The summed E-state index contributed by atoms with van der Waals surface area (Å²) in [6, 6.07) is 7.68. The molecule has 1 amide bonds. The van der Waals surface area contributed by atoms with Crippen LogP contribution in [0.2, 0.25) is 0 Å². The van der Waals surface area contributed by atoms with Gasteiger partial charge in [-0.25, -0.2) is 9.97 Å². The molecule has 0 saturated heterocycles. The molecule has 1 aromatic heterocycles. The summed E-state index contributed by atoms with van der Waals surface area (Å²) in [7, 11) is 0. The van der Waals surface area contributed by atoms with Crippen LogP contribution in [0.3, 0.4) is 0 Å². The van der Waals surface area contributed by atoms with E-state index in [0.717, 1.165) is 16.7 Å². The molecule has 2 aromatic rings. The molecule has 2 rings (SSSR count). The number of nitrogens with one attached hydrogen (secondary N) is 1. The maximum atomic E-state index is 11.3. The van der Waals surface area contributed by atoms with Gasteiger partial charge in [0, 0.05) is 6.54 Å². The number of amides is 1. The minimum Gasteiger partial charge on any atom is -0.369 e. The van der Waals surface area contributed by atoms with Gasteiger partial charge in [-0.05, 0) is 32.9 Å². The Hall–Kier alpha value is -2.17. The lowest BCUT2D eigenvalue weighted by molar-refractivity contribution is -0.125. The summed E-state index contributed by atoms with van der Waals surface area (Å²) in [4.78, 5) is 20.3. The first-order valence-electron chi connectivity index (χ1n) is 6.17. The van der Waals surface area contributed by atoms with Crippen molar-refractivity contribution >= 4 is 22.8 Å². The lowest BCUT2D eigenvalue weighted by atomic mass is 9.93. The van der Waals surface area contributed by atoms with Gasteiger partial charge in [-0.3, -0.25) is 4.79 Å². The SMILES string of the molecule is Cc1nc2ccccc2nc1NCC(C)(C)C(N)=O. The molecule has 5 nitrogen and oxygen atoms in total. The molecule has 100 valence electrons. The Morgan fingerprint density at radius 2 is 1.84 bits per heavy atom. The van der Waals surface area contributed by atoms with Crippen molar-refractivity contribution in [1.82, 2.24) is 9.97 Å². The maximum Gasteiger partial charge on any atom is 0.224 e. The number of aromatic nitrogens is 2. The summed E-state index contributed by atoms with van der Waals surface area (Å²) in [5, 5.41) is 3.15. The molecule has 19 heavy (non-hydrogen) atoms. The summed E-state index contributed by atoms with van der Waals surface area (Å²) < 4.78 is 0. The number of hydrogen-bond acceptors (Lipinski definition) is 4. The van der Waals surface area contributed by atoms with Crippen LogP contribution >= 0.6 is 0 Å². The number of carbonyl (C=O) groups excluding carboxylic acids is 1. The number of aryl methyl sites for hydroxylation is 1. The highest BCUT2D eigenvalue weighted by Crippen LogP contribution is 2.19. The number of hydrogen-bond donors (Lipinski definition) is 2. The van der Waals surface area contributed by atoms with Gasteiger partial charge < -0.3 is 11.1 Å². The second kappa shape index (κ2) is 4.84. The first-order chi connectivity index (χ1) is 8.90. The van der Waals surface area contributed by atoms with E-state index in [1.165, 1.54) is 0 Å². The predicted molar refractivity (Wildman–Crippen MR) is 75.7 cm³/mol. The molecule has 0 bridgehead atoms. The Morgan fingerprint density at radius 3 is 2.42 bits per heavy atom. The second-order valence-corrected chi connectivity index (χ2v) is 5.25. The van der Waals surface area contributed by atoms with Crippen LogP contribution in [0.15, 0.2) is 24.3 Å². The van der Waals surface area contributed by atoms with E-state index >= 15 is 0 Å². The number of primary amides is 1. The summed E-state index contributed by atoms with van der Waals surface area (Å²) in [6.45, 7) is 5.91. The molecule has 0 saturated carbocycles. The van der Waals surface area contributed by atoms with Gasteiger partial charge in [-0.1, -0.05) is 12.1 Å². The number of rotatable bonds is 4. The normalized spacial score (nSPS) is 11.5. The highest BCUT2D eigenvalue weighted by atomic mass is 16.1. The van der Waals surface area contributed by atoms with Crippen LogP contribution in [0.5, 0.6) is 0 Å². The number of carbonyl (C=O) groups is 1. The molecule has 0 aliphatic heterocycles. The standard InChI is InChI=1S/C14H18N4O/c1-9-12(16-8-14(2,3)13(15)19)18-11-7-5-4-6-10(11)17-9/h4-7H,8H2,1-3H3,(H2,15,19)(H,16,18). The molecule has 0 atom stereocenters. The van der Waals surface area contributed by atoms with Crippen molar-refractivity contribution in [3.8, 4) is 0 Å². The highest BCUT2D eigenvalue weighted by molar-refractivity contribution is 5.81. The van der Waals surface area contributed by atoms with Crippen molar-refractivity contribution in [1.29, 1.82) is 0 Å². The Morgan fingerprint density at radius 1 is 1.26 bits per heavy atom. The third kappa shape index (κ3) is 2.81. The van der Waals surface area contributed by atoms with E-state index in [1.807, 2.05) is 31.2 Å². The van der Waals surface area contributed by atoms with Crippen LogP contribution in [-0.4, -0.2) is 22.4 Å². The van der Waals surface area contributed by atoms with Gasteiger partial charge in [0.25, 0.3) is 0 Å². The summed E-state index contributed by atoms with van der Waals surface area (Å²) in [5.41, 5.74) is 7.21. The van der Waals surface area contributed by atoms with Crippen LogP contribution in [0.25, 0.3) is 11.0 Å². The Balaban J connectivity index is 2.26. The zero-order valence-electron chi connectivity index (χ0n) is 11.4. The molecule has 0 spiro atoms. The summed E-state index contributed by atoms with van der Waals surface area (Å²) in [6.07, 6.45) is 0. The van der Waals surface area contributed by atoms with Crippen LogP contribution < -0.4 is 11.1 Å². The number of benzene rings is 1. The summed E-state index contributed by atoms with van der Waals surface area (Å²) in [5.74, 6) is 0.347. The van der Waals surface area contributed by atoms with Gasteiger partial charge in [-0.15, -0.1) is 0 Å². The Labute approximate surface area is 112 Å². The third-order valence-electron chi connectivity index (χ3n) is 3.11. The van der Waals surface area contributed by atoms with E-state index in [1.54, 1.807) is 13.8 Å². The Kier molecular flexibility index (Phi) is 3.38. The maximum absolute atomic E-state index is 11.3. The number of nitrogens with two attached hydrogens (primary N) is 1. The van der Waals surface area contributed by atoms with E-state index in [2.05, 4.69) is 15.3 Å². The van der Waals surface area contributed by atoms with Crippen molar-refractivity contribution in [3.63, 3.8) is 0 Å². The van der Waals surface area contributed by atoms with Crippen LogP contribution in [0, 0.1) is 12.3 Å². The lowest BCUT2D eigenvalue weighted by Crippen LogP contribution is -2.37. The molecular formula is C14H18N4O. The molecule has 0 unspecified atom stereocenters. The Bertz CT molecular complexity index is 622. The van der Waals surface area contributed by atoms with Gasteiger partial charge in [-0.2, -0.15) is 0 Å². The zero-order chi connectivity index (χ0) is 14.0. The molecule has 0 aliphatic carbocycles. The molecular weight excluding hydrogens is 240 g/mol. The molecule has 1 heterocycles. The van der Waals surface area contributed by atoms with E-state index in [0.29, 0.717) is 12.4 Å². The molecule has 5 heteroatoms. The fraction of sp³-hybridized carbons (Fsp3) is 0.357. The minimum atomic E-state index is -0.625. The van der Waals surface area contributed by atoms with Crippen LogP contribution in [-0.2, 0) is 4.79 Å². The van der Waals surface area contributed by atoms with Crippen molar-refractivity contribution in [2.24, 2.45) is 11.1 Å². The average Bonchev–Trinajstić information content (AvgIpc) is 2.36. The average molecular weight is 258 g/mol. The fourth-order valence-electron chi connectivity index (χ4n) is 1.65. The van der Waals surface area contributed by atoms with E-state index < -0.39 is 5.41 Å². The molecule has 3 N–H and O–H groups in total. The number of nitrogens with zero attached hydrogens (tertiary/aromatic N) is 2. The van der Waals surface area contributed by atoms with Crippen molar-refractivity contribution in [3.05, 3.63) is 30.0 Å². The second-order valence-electron chi connectivity index (χ2n) is 5.25. The van der Waals surface area contributed by atoms with Crippen molar-refractivity contribution in [2.75, 3.05) is 11.9 Å². The van der Waals surface area contributed by atoms with Crippen molar-refractivity contribution < 1.29 is 4.79 Å². The van der Waals surface area contributed by atoms with Gasteiger partial charge >= 0.3 is 0 Å². The molecule has 0 aliphatic rings. The monoisotopic (exact) mass is 258 g/mol. The summed E-state index contributed by atoms with van der Waals surface area (Å²) >= 11 is 0. The largest absolute Gasteiger partial charge is 0.369 e. The number of fused-ring (bicyclic) bond motifs is 1. The zero-order valence-corrected chi connectivity index (χ0v) is 11.4. The third-order valence-corrected chi connectivity index (χ3v) is 3.11. The first-order valence-corrected chi connectivity index (χ1v) is 6.17. The van der Waals surface area contributed by atoms with E-state index in [-0.39, 0.29) is 5.91 Å². The van der Waals surface area contributed by atoms with E-state index in [9.17, 15) is 4.79 Å². The lowest BCUT2D eigenvalue weighted by Gasteiger charge is -2.21. The quantitative estimate of drug-likeness (QED) is 0.877. The molecule has 1 aromatic carbocycles. The minimum absolute atomic E-state index is 0.341. The molecule has 0 fully saturated rings. The van der Waals surface area contributed by atoms with Crippen molar-refractivity contribution in [2.45, 2.75) is 20.8 Å². The van der Waals surface area contributed by atoms with Crippen LogP contribution in [0.4, 0.5) is 5.82 Å². The van der Waals surface area contributed by atoms with Gasteiger partial charge in [0.1, 0.15) is 5.82 Å². The number of para-hydroxylation sites is 2. The highest BCUT2D eigenvalue weighted by Gasteiger charge is 2.25. The smallest absolute Gasteiger partial charge is 0.224 e. The van der Waals surface area contributed by atoms with Gasteiger partial charge in [0.2, 0.25) is 5.91 Å². The van der Waals surface area contributed by atoms with E-state index in [4.69, 9.17) is 5.73 Å². The topological polar surface area (TPSA) is 80.9 Å². The first kappa shape index (κ1) is 13.3. The number of anilines is 1. The fourth-order valence-corrected chi connectivity index (χ4v) is 1.65. The van der Waals surface area contributed by atoms with Gasteiger partial charge in [0.05, 0.1) is 22.1 Å².